The van der Waals surface area contributed by atoms with E-state index < -0.39 is 5.69 Å². The van der Waals surface area contributed by atoms with Crippen LogP contribution in [0.2, 0.25) is 0 Å². The van der Waals surface area contributed by atoms with Gasteiger partial charge in [-0.1, -0.05) is 6.07 Å². The Morgan fingerprint density at radius 1 is 1.33 bits per heavy atom. The van der Waals surface area contributed by atoms with E-state index in [9.17, 15) is 4.79 Å². The normalized spacial score (nSPS) is 9.87. The molecule has 0 unspecified atom stereocenters. The van der Waals surface area contributed by atoms with Crippen LogP contribution in [0.15, 0.2) is 41.3 Å². The van der Waals surface area contributed by atoms with E-state index in [0.717, 1.165) is 0 Å². The van der Waals surface area contributed by atoms with Crippen LogP contribution in [0.25, 0.3) is 0 Å². The fraction of sp³-hybridized carbons (Fsp3) is 0. The van der Waals surface area contributed by atoms with Gasteiger partial charge in [0.15, 0.2) is 0 Å². The monoisotopic (exact) mass is 203 g/mol. The first-order valence-corrected chi connectivity index (χ1v) is 4.33. The minimum Gasteiger partial charge on any atom is -0.441 e. The van der Waals surface area contributed by atoms with Gasteiger partial charge >= 0.3 is 5.69 Å². The zero-order valence-electron chi connectivity index (χ0n) is 7.81. The molecule has 0 fully saturated rings. The number of nitrogens with zero attached hydrogens (tertiary/aromatic N) is 1. The van der Waals surface area contributed by atoms with Crippen molar-refractivity contribution in [1.82, 2.24) is 9.97 Å². The van der Waals surface area contributed by atoms with Crippen molar-refractivity contribution < 1.29 is 4.74 Å². The van der Waals surface area contributed by atoms with Crippen LogP contribution in [-0.2, 0) is 0 Å². The van der Waals surface area contributed by atoms with Gasteiger partial charge in [0, 0.05) is 24.0 Å². The van der Waals surface area contributed by atoms with Crippen LogP contribution >= 0.6 is 0 Å². The highest BCUT2D eigenvalue weighted by Gasteiger charge is 1.97. The number of aromatic amines is 1. The van der Waals surface area contributed by atoms with Gasteiger partial charge in [-0.3, -0.25) is 4.98 Å². The van der Waals surface area contributed by atoms with Crippen molar-refractivity contribution in [3.8, 4) is 11.6 Å². The molecule has 0 saturated carbocycles. The molecule has 1 aromatic heterocycles. The molecule has 0 spiro atoms. The van der Waals surface area contributed by atoms with Crippen molar-refractivity contribution in [1.29, 1.82) is 0 Å². The van der Waals surface area contributed by atoms with Crippen molar-refractivity contribution in [3.05, 3.63) is 47.0 Å². The molecule has 1 heterocycles. The fourth-order valence-electron chi connectivity index (χ4n) is 1.12. The summed E-state index contributed by atoms with van der Waals surface area (Å²) in [6, 6.07) is 8.49. The Bertz CT molecular complexity index is 522. The molecule has 5 heteroatoms. The second kappa shape index (κ2) is 3.83. The zero-order valence-corrected chi connectivity index (χ0v) is 7.81. The van der Waals surface area contributed by atoms with E-state index in [-0.39, 0.29) is 0 Å². The first-order valence-electron chi connectivity index (χ1n) is 4.33. The third-order valence-corrected chi connectivity index (χ3v) is 1.73. The number of anilines is 1. The Kier molecular flexibility index (Phi) is 2.37. The van der Waals surface area contributed by atoms with Gasteiger partial charge in [0.25, 0.3) is 0 Å². The lowest BCUT2D eigenvalue weighted by atomic mass is 10.3. The van der Waals surface area contributed by atoms with E-state index in [4.69, 9.17) is 10.5 Å². The van der Waals surface area contributed by atoms with Crippen molar-refractivity contribution in [2.45, 2.75) is 0 Å². The fourth-order valence-corrected chi connectivity index (χ4v) is 1.12. The number of ether oxygens (including phenoxy) is 1. The smallest absolute Gasteiger partial charge is 0.347 e. The predicted octanol–water partition coefficient (Wildman–Crippen LogP) is 1.14. The number of H-pyrrole nitrogens is 1. The van der Waals surface area contributed by atoms with Gasteiger partial charge in [0.1, 0.15) is 5.75 Å². The van der Waals surface area contributed by atoms with E-state index in [1.54, 1.807) is 30.3 Å². The van der Waals surface area contributed by atoms with Gasteiger partial charge < -0.3 is 10.5 Å². The van der Waals surface area contributed by atoms with E-state index >= 15 is 0 Å². The van der Waals surface area contributed by atoms with Crippen molar-refractivity contribution in [3.63, 3.8) is 0 Å². The minimum absolute atomic E-state index is 0.334. The van der Waals surface area contributed by atoms with E-state index in [2.05, 4.69) is 9.97 Å². The summed E-state index contributed by atoms with van der Waals surface area (Å²) in [6.07, 6.45) is 1.38. The molecular weight excluding hydrogens is 194 g/mol. The summed E-state index contributed by atoms with van der Waals surface area (Å²) in [4.78, 5) is 16.8. The maximum absolute atomic E-state index is 10.9. The van der Waals surface area contributed by atoms with Crippen LogP contribution in [-0.4, -0.2) is 9.97 Å². The second-order valence-electron chi connectivity index (χ2n) is 2.91. The van der Waals surface area contributed by atoms with Gasteiger partial charge in [-0.2, -0.15) is 0 Å². The Labute approximate surface area is 85.5 Å². The van der Waals surface area contributed by atoms with E-state index in [1.165, 1.54) is 6.20 Å². The molecule has 0 aliphatic heterocycles. The molecule has 0 amide bonds. The quantitative estimate of drug-likeness (QED) is 0.717. The average molecular weight is 203 g/mol. The molecule has 5 nitrogen and oxygen atoms in total. The average Bonchev–Trinajstić information content (AvgIpc) is 2.17. The first-order chi connectivity index (χ1) is 7.24. The molecule has 0 atom stereocenters. The molecule has 2 aromatic rings. The maximum atomic E-state index is 10.9. The minimum atomic E-state index is -0.448. The van der Waals surface area contributed by atoms with E-state index in [1.807, 2.05) is 0 Å². The number of hydrogen-bond acceptors (Lipinski definition) is 4. The highest BCUT2D eigenvalue weighted by Crippen LogP contribution is 2.19. The molecule has 0 aliphatic carbocycles. The Hall–Kier alpha value is -2.30. The number of nitrogens with two attached hydrogens (primary N) is 1. The van der Waals surface area contributed by atoms with Crippen LogP contribution in [0, 0.1) is 0 Å². The molecule has 0 saturated heterocycles. The molecule has 15 heavy (non-hydrogen) atoms. The van der Waals surface area contributed by atoms with E-state index in [0.29, 0.717) is 17.3 Å². The Morgan fingerprint density at radius 3 is 2.93 bits per heavy atom. The number of rotatable bonds is 2. The molecule has 3 N–H and O–H groups in total. The van der Waals surface area contributed by atoms with Crippen LogP contribution in [0.3, 0.4) is 0 Å². The lowest BCUT2D eigenvalue weighted by Gasteiger charge is -2.04. The SMILES string of the molecule is Nc1cccc(Oc2ccnc(=O)[nH]2)c1. The van der Waals surface area contributed by atoms with Crippen molar-refractivity contribution >= 4 is 5.69 Å². The lowest BCUT2D eigenvalue weighted by Crippen LogP contribution is -2.09. The molecular formula is C10H9N3O2. The molecule has 76 valence electrons. The topological polar surface area (TPSA) is 81.0 Å². The van der Waals surface area contributed by atoms with Crippen molar-refractivity contribution in [2.75, 3.05) is 5.73 Å². The van der Waals surface area contributed by atoms with Crippen LogP contribution in [0.4, 0.5) is 5.69 Å². The summed E-state index contributed by atoms with van der Waals surface area (Å²) in [7, 11) is 0. The number of nitrogen functional groups attached to an aromatic ring is 1. The zero-order chi connectivity index (χ0) is 10.7. The maximum Gasteiger partial charge on any atom is 0.347 e. The summed E-state index contributed by atoms with van der Waals surface area (Å²) in [6.45, 7) is 0. The van der Waals surface area contributed by atoms with Gasteiger partial charge in [-0.25, -0.2) is 9.78 Å². The van der Waals surface area contributed by atoms with Crippen LogP contribution in [0.5, 0.6) is 11.6 Å². The van der Waals surface area contributed by atoms with Gasteiger partial charge in [-0.05, 0) is 12.1 Å². The van der Waals surface area contributed by atoms with Gasteiger partial charge in [-0.15, -0.1) is 0 Å². The number of aromatic nitrogens is 2. The van der Waals surface area contributed by atoms with Crippen LogP contribution in [0.1, 0.15) is 0 Å². The second-order valence-corrected chi connectivity index (χ2v) is 2.91. The molecule has 0 bridgehead atoms. The summed E-state index contributed by atoms with van der Waals surface area (Å²) in [5.41, 5.74) is 5.73. The standard InChI is InChI=1S/C10H9N3O2/c11-7-2-1-3-8(6-7)15-9-4-5-12-10(14)13-9/h1-6H,11H2,(H,12,13,14). The molecule has 0 aliphatic rings. The summed E-state index contributed by atoms with van der Waals surface area (Å²) < 4.78 is 5.36. The largest absolute Gasteiger partial charge is 0.441 e. The highest BCUT2D eigenvalue weighted by atomic mass is 16.5. The number of benzene rings is 1. The number of nitrogens with one attached hydrogen (secondary N) is 1. The third-order valence-electron chi connectivity index (χ3n) is 1.73. The molecule has 1 aromatic carbocycles. The van der Waals surface area contributed by atoms with Crippen LogP contribution < -0.4 is 16.2 Å². The Morgan fingerprint density at radius 2 is 2.20 bits per heavy atom. The summed E-state index contributed by atoms with van der Waals surface area (Å²) in [5, 5.41) is 0. The predicted molar refractivity (Wildman–Crippen MR) is 55.8 cm³/mol. The third kappa shape index (κ3) is 2.34. The highest BCUT2D eigenvalue weighted by molar-refractivity contribution is 5.44. The van der Waals surface area contributed by atoms with Crippen molar-refractivity contribution in [2.24, 2.45) is 0 Å². The first kappa shape index (κ1) is 9.26. The van der Waals surface area contributed by atoms with Gasteiger partial charge in [0.05, 0.1) is 0 Å². The number of hydrogen-bond donors (Lipinski definition) is 2. The molecule has 0 radical (unpaired) electrons. The summed E-state index contributed by atoms with van der Waals surface area (Å²) in [5.74, 6) is 0.900. The molecule has 2 rings (SSSR count). The lowest BCUT2D eigenvalue weighted by molar-refractivity contribution is 0.459. The Balaban J connectivity index is 2.26. The summed E-state index contributed by atoms with van der Waals surface area (Å²) >= 11 is 0. The van der Waals surface area contributed by atoms with Gasteiger partial charge in [0.2, 0.25) is 5.88 Å².